The third kappa shape index (κ3) is 3.19. The maximum absolute atomic E-state index is 11.9. The number of carbonyl (C=O) groups is 1. The largest absolute Gasteiger partial charge is 0.326 e. The fourth-order valence-electron chi connectivity index (χ4n) is 1.97. The van der Waals surface area contributed by atoms with E-state index in [4.69, 9.17) is 0 Å². The topological polar surface area (TPSA) is 20.3 Å². The van der Waals surface area contributed by atoms with Gasteiger partial charge in [-0.3, -0.25) is 4.79 Å². The van der Waals surface area contributed by atoms with E-state index in [0.717, 1.165) is 18.7 Å². The monoisotopic (exact) mass is 267 g/mol. The smallest absolute Gasteiger partial charge is 0.233 e. The number of carbonyl (C=O) groups excluding carboxylic acids is 1. The summed E-state index contributed by atoms with van der Waals surface area (Å²) in [5, 5.41) is 0.227. The van der Waals surface area contributed by atoms with Gasteiger partial charge in [-0.15, -0.1) is 11.8 Å². The summed E-state index contributed by atoms with van der Waals surface area (Å²) in [6.07, 6.45) is 3.19. The quantitative estimate of drug-likeness (QED) is 0.765. The van der Waals surface area contributed by atoms with Crippen LogP contribution in [0.1, 0.15) is 17.4 Å². The van der Waals surface area contributed by atoms with Gasteiger partial charge in [0, 0.05) is 6.54 Å². The summed E-state index contributed by atoms with van der Waals surface area (Å²) in [4.78, 5) is 13.9. The molecule has 1 aromatic rings. The predicted octanol–water partition coefficient (Wildman–Crippen LogP) is 3.01. The molecule has 1 fully saturated rings. The molecule has 4 heteroatoms. The highest BCUT2D eigenvalue weighted by molar-refractivity contribution is 8.00. The third-order valence-electron chi connectivity index (χ3n) is 2.80. The molecular formula is C13H17NOS2. The van der Waals surface area contributed by atoms with Crippen LogP contribution in [0.4, 0.5) is 0 Å². The molecule has 0 bridgehead atoms. The van der Waals surface area contributed by atoms with Crippen LogP contribution in [0.2, 0.25) is 0 Å². The normalized spacial score (nSPS) is 19.9. The van der Waals surface area contributed by atoms with Crippen molar-refractivity contribution in [3.8, 4) is 0 Å². The van der Waals surface area contributed by atoms with Crippen LogP contribution in [0.25, 0.3) is 0 Å². The molecule has 1 amide bonds. The summed E-state index contributed by atoms with van der Waals surface area (Å²) < 4.78 is 0. The average Bonchev–Trinajstić information content (AvgIpc) is 2.73. The third-order valence-corrected chi connectivity index (χ3v) is 4.75. The molecule has 2 rings (SSSR count). The zero-order valence-electron chi connectivity index (χ0n) is 9.96. The van der Waals surface area contributed by atoms with Crippen LogP contribution in [0.3, 0.4) is 0 Å². The van der Waals surface area contributed by atoms with Crippen molar-refractivity contribution >= 4 is 29.4 Å². The lowest BCUT2D eigenvalue weighted by Crippen LogP contribution is -2.29. The minimum atomic E-state index is 0.227. The maximum atomic E-state index is 11.9. The molecule has 1 saturated heterocycles. The van der Waals surface area contributed by atoms with Crippen molar-refractivity contribution in [2.75, 3.05) is 24.3 Å². The second kappa shape index (κ2) is 6.36. The standard InChI is InChI=1S/C13H17NOS2/c1-16-9-5-8-14-12(15)10-17-13(14)11-6-3-2-4-7-11/h2-4,6-7,13H,5,8-10H2,1H3. The number of amides is 1. The highest BCUT2D eigenvalue weighted by Crippen LogP contribution is 2.38. The Morgan fingerprint density at radius 3 is 2.88 bits per heavy atom. The maximum Gasteiger partial charge on any atom is 0.233 e. The first kappa shape index (κ1) is 12.8. The number of benzene rings is 1. The minimum absolute atomic E-state index is 0.227. The van der Waals surface area contributed by atoms with E-state index in [9.17, 15) is 4.79 Å². The molecule has 0 aliphatic carbocycles. The lowest BCUT2D eigenvalue weighted by molar-refractivity contribution is -0.128. The van der Waals surface area contributed by atoms with Crippen LogP contribution in [-0.4, -0.2) is 35.1 Å². The molecular weight excluding hydrogens is 250 g/mol. The van der Waals surface area contributed by atoms with Crippen molar-refractivity contribution in [2.45, 2.75) is 11.8 Å². The zero-order chi connectivity index (χ0) is 12.1. The summed E-state index contributed by atoms with van der Waals surface area (Å²) in [7, 11) is 0. The molecule has 92 valence electrons. The Morgan fingerprint density at radius 2 is 2.18 bits per heavy atom. The summed E-state index contributed by atoms with van der Waals surface area (Å²) in [5.41, 5.74) is 1.24. The lowest BCUT2D eigenvalue weighted by atomic mass is 10.2. The van der Waals surface area contributed by atoms with Crippen LogP contribution < -0.4 is 0 Å². The van der Waals surface area contributed by atoms with E-state index in [1.54, 1.807) is 11.8 Å². The van der Waals surface area contributed by atoms with E-state index >= 15 is 0 Å². The van der Waals surface area contributed by atoms with E-state index in [1.165, 1.54) is 5.56 Å². The lowest BCUT2D eigenvalue weighted by Gasteiger charge is -2.24. The minimum Gasteiger partial charge on any atom is -0.326 e. The van der Waals surface area contributed by atoms with Crippen LogP contribution in [0.15, 0.2) is 30.3 Å². The molecule has 1 aliphatic rings. The Kier molecular flexibility index (Phi) is 4.80. The molecule has 0 spiro atoms. The molecule has 0 radical (unpaired) electrons. The Bertz CT molecular complexity index is 369. The number of rotatable bonds is 5. The Balaban J connectivity index is 2.03. The molecule has 1 aromatic carbocycles. The molecule has 17 heavy (non-hydrogen) atoms. The van der Waals surface area contributed by atoms with Crippen molar-refractivity contribution in [3.05, 3.63) is 35.9 Å². The average molecular weight is 267 g/mol. The van der Waals surface area contributed by atoms with Crippen molar-refractivity contribution in [1.29, 1.82) is 0 Å². The van der Waals surface area contributed by atoms with Crippen LogP contribution in [0.5, 0.6) is 0 Å². The first-order valence-electron chi connectivity index (χ1n) is 5.78. The van der Waals surface area contributed by atoms with Gasteiger partial charge in [0.2, 0.25) is 5.91 Å². The zero-order valence-corrected chi connectivity index (χ0v) is 11.6. The number of hydrogen-bond donors (Lipinski definition) is 0. The van der Waals surface area contributed by atoms with Gasteiger partial charge in [0.15, 0.2) is 0 Å². The summed E-state index contributed by atoms with van der Waals surface area (Å²) in [5.74, 6) is 2.03. The van der Waals surface area contributed by atoms with Crippen LogP contribution >= 0.6 is 23.5 Å². The fraction of sp³-hybridized carbons (Fsp3) is 0.462. The Morgan fingerprint density at radius 1 is 1.41 bits per heavy atom. The molecule has 0 aromatic heterocycles. The van der Waals surface area contributed by atoms with E-state index in [2.05, 4.69) is 18.4 Å². The highest BCUT2D eigenvalue weighted by Gasteiger charge is 2.31. The van der Waals surface area contributed by atoms with Gasteiger partial charge >= 0.3 is 0 Å². The van der Waals surface area contributed by atoms with Gasteiger partial charge < -0.3 is 4.90 Å². The summed E-state index contributed by atoms with van der Waals surface area (Å²) >= 11 is 3.58. The molecule has 1 heterocycles. The van der Waals surface area contributed by atoms with Crippen molar-refractivity contribution in [1.82, 2.24) is 4.90 Å². The Labute approximate surface area is 111 Å². The molecule has 0 saturated carbocycles. The van der Waals surface area contributed by atoms with Gasteiger partial charge in [-0.25, -0.2) is 0 Å². The molecule has 2 nitrogen and oxygen atoms in total. The SMILES string of the molecule is CSCCCN1C(=O)CSC1c1ccccc1. The second-order valence-electron chi connectivity index (χ2n) is 4.01. The van der Waals surface area contributed by atoms with E-state index in [0.29, 0.717) is 5.75 Å². The van der Waals surface area contributed by atoms with Gasteiger partial charge in [0.05, 0.1) is 5.75 Å². The molecule has 0 N–H and O–H groups in total. The van der Waals surface area contributed by atoms with Gasteiger partial charge in [-0.2, -0.15) is 11.8 Å². The number of thioether (sulfide) groups is 2. The van der Waals surface area contributed by atoms with E-state index in [-0.39, 0.29) is 11.3 Å². The first-order valence-corrected chi connectivity index (χ1v) is 8.22. The number of hydrogen-bond acceptors (Lipinski definition) is 3. The van der Waals surface area contributed by atoms with E-state index in [1.807, 2.05) is 34.9 Å². The first-order chi connectivity index (χ1) is 8.33. The van der Waals surface area contributed by atoms with Gasteiger partial charge in [-0.05, 0) is 24.0 Å². The summed E-state index contributed by atoms with van der Waals surface area (Å²) in [6.45, 7) is 0.881. The Hall–Kier alpha value is -0.610. The van der Waals surface area contributed by atoms with Crippen LogP contribution in [0, 0.1) is 0 Å². The second-order valence-corrected chi connectivity index (χ2v) is 6.06. The molecule has 1 aliphatic heterocycles. The predicted molar refractivity (Wildman–Crippen MR) is 76.4 cm³/mol. The highest BCUT2D eigenvalue weighted by atomic mass is 32.2. The van der Waals surface area contributed by atoms with Gasteiger partial charge in [0.25, 0.3) is 0 Å². The van der Waals surface area contributed by atoms with Crippen molar-refractivity contribution < 1.29 is 4.79 Å². The van der Waals surface area contributed by atoms with Crippen molar-refractivity contribution in [3.63, 3.8) is 0 Å². The van der Waals surface area contributed by atoms with Crippen LogP contribution in [-0.2, 0) is 4.79 Å². The molecule has 1 unspecified atom stereocenters. The molecule has 1 atom stereocenters. The van der Waals surface area contributed by atoms with E-state index < -0.39 is 0 Å². The summed E-state index contributed by atoms with van der Waals surface area (Å²) in [6, 6.07) is 10.3. The van der Waals surface area contributed by atoms with Gasteiger partial charge in [0.1, 0.15) is 5.37 Å². The van der Waals surface area contributed by atoms with Crippen molar-refractivity contribution in [2.24, 2.45) is 0 Å². The van der Waals surface area contributed by atoms with Gasteiger partial charge in [-0.1, -0.05) is 30.3 Å². The fourth-order valence-corrected chi connectivity index (χ4v) is 3.61. The number of nitrogens with zero attached hydrogens (tertiary/aromatic N) is 1.